The second-order valence-electron chi connectivity index (χ2n) is 4.82. The minimum atomic E-state index is -0.293. The summed E-state index contributed by atoms with van der Waals surface area (Å²) in [7, 11) is 0. The van der Waals surface area contributed by atoms with Crippen molar-refractivity contribution in [3.63, 3.8) is 0 Å². The van der Waals surface area contributed by atoms with Crippen LogP contribution in [0.3, 0.4) is 0 Å². The Morgan fingerprint density at radius 3 is 2.48 bits per heavy atom. The maximum absolute atomic E-state index is 12.2. The zero-order valence-electron chi connectivity index (χ0n) is 12.5. The Hall–Kier alpha value is -2.50. The highest BCUT2D eigenvalue weighted by molar-refractivity contribution is 6.03. The molecule has 0 bridgehead atoms. The molecule has 21 heavy (non-hydrogen) atoms. The van der Waals surface area contributed by atoms with Crippen molar-refractivity contribution in [3.8, 4) is 0 Å². The van der Waals surface area contributed by atoms with Crippen LogP contribution in [-0.2, 0) is 12.8 Å². The van der Waals surface area contributed by atoms with Gasteiger partial charge in [-0.3, -0.25) is 10.1 Å². The van der Waals surface area contributed by atoms with Crippen LogP contribution in [0, 0.1) is 6.92 Å². The molecular weight excluding hydrogens is 266 g/mol. The minimum Gasteiger partial charge on any atom is -0.399 e. The number of carbonyl (C=O) groups is 1. The van der Waals surface area contributed by atoms with Crippen LogP contribution in [-0.4, -0.2) is 21.1 Å². The van der Waals surface area contributed by atoms with Gasteiger partial charge in [0, 0.05) is 11.3 Å². The van der Waals surface area contributed by atoms with E-state index >= 15 is 0 Å². The molecule has 1 amide bonds. The molecule has 2 rings (SSSR count). The lowest BCUT2D eigenvalue weighted by atomic mass is 10.1. The molecule has 1 aromatic carbocycles. The summed E-state index contributed by atoms with van der Waals surface area (Å²) >= 11 is 0. The smallest absolute Gasteiger partial charge is 0.258 e. The van der Waals surface area contributed by atoms with Gasteiger partial charge in [-0.1, -0.05) is 13.8 Å². The van der Waals surface area contributed by atoms with Crippen LogP contribution in [0.2, 0.25) is 0 Å². The highest BCUT2D eigenvalue weighted by atomic mass is 16.1. The number of carbonyl (C=O) groups excluding carboxylic acids is 1. The van der Waals surface area contributed by atoms with Crippen molar-refractivity contribution < 1.29 is 4.79 Å². The van der Waals surface area contributed by atoms with Gasteiger partial charge in [0.2, 0.25) is 5.95 Å². The predicted molar refractivity (Wildman–Crippen MR) is 82.1 cm³/mol. The van der Waals surface area contributed by atoms with Crippen molar-refractivity contribution in [2.45, 2.75) is 33.6 Å². The third-order valence-corrected chi connectivity index (χ3v) is 3.10. The first-order valence-electron chi connectivity index (χ1n) is 6.94. The monoisotopic (exact) mass is 285 g/mol. The van der Waals surface area contributed by atoms with Crippen molar-refractivity contribution >= 4 is 17.5 Å². The maximum atomic E-state index is 12.2. The second-order valence-corrected chi connectivity index (χ2v) is 4.82. The Balaban J connectivity index is 2.23. The summed E-state index contributed by atoms with van der Waals surface area (Å²) in [5.41, 5.74) is 9.42. The van der Waals surface area contributed by atoms with E-state index in [9.17, 15) is 4.79 Å². The number of aryl methyl sites for hydroxylation is 3. The normalized spacial score (nSPS) is 10.4. The number of nitrogens with one attached hydrogen (secondary N) is 1. The molecule has 0 spiro atoms. The second kappa shape index (κ2) is 6.30. The molecule has 0 unspecified atom stereocenters. The summed E-state index contributed by atoms with van der Waals surface area (Å²) in [6.07, 6.45) is 1.52. The number of rotatable bonds is 4. The van der Waals surface area contributed by atoms with Gasteiger partial charge in [0.15, 0.2) is 0 Å². The number of hydrogen-bond donors (Lipinski definition) is 2. The average Bonchev–Trinajstić information content (AvgIpc) is 2.46. The van der Waals surface area contributed by atoms with Gasteiger partial charge in [0.1, 0.15) is 0 Å². The summed E-state index contributed by atoms with van der Waals surface area (Å²) in [5.74, 6) is -0.0763. The van der Waals surface area contributed by atoms with E-state index in [0.717, 1.165) is 29.8 Å². The highest BCUT2D eigenvalue weighted by Crippen LogP contribution is 2.13. The fourth-order valence-corrected chi connectivity index (χ4v) is 2.11. The van der Waals surface area contributed by atoms with E-state index in [0.29, 0.717) is 11.3 Å². The van der Waals surface area contributed by atoms with E-state index in [1.54, 1.807) is 18.2 Å². The van der Waals surface area contributed by atoms with Crippen LogP contribution in [0.15, 0.2) is 18.2 Å². The molecule has 0 radical (unpaired) electrons. The number of amides is 1. The van der Waals surface area contributed by atoms with E-state index in [-0.39, 0.29) is 11.9 Å². The molecule has 1 aromatic heterocycles. The van der Waals surface area contributed by atoms with Crippen molar-refractivity contribution in [1.29, 1.82) is 0 Å². The highest BCUT2D eigenvalue weighted by Gasteiger charge is 2.11. The summed E-state index contributed by atoms with van der Waals surface area (Å²) in [6.45, 7) is 5.88. The average molecular weight is 285 g/mol. The summed E-state index contributed by atoms with van der Waals surface area (Å²) in [4.78, 5) is 16.5. The molecule has 1 heterocycles. The molecule has 3 N–H and O–H groups in total. The van der Waals surface area contributed by atoms with E-state index in [1.165, 1.54) is 0 Å². The third-order valence-electron chi connectivity index (χ3n) is 3.10. The molecule has 0 aliphatic heterocycles. The van der Waals surface area contributed by atoms with Crippen LogP contribution >= 0.6 is 0 Å². The van der Waals surface area contributed by atoms with Crippen molar-refractivity contribution in [3.05, 3.63) is 40.7 Å². The molecule has 0 saturated heterocycles. The lowest BCUT2D eigenvalue weighted by Gasteiger charge is -2.08. The fraction of sp³-hybridized carbons (Fsp3) is 0.333. The number of nitrogen functional groups attached to an aromatic ring is 1. The first-order chi connectivity index (χ1) is 10.0. The molecule has 0 saturated carbocycles. The number of aromatic nitrogens is 3. The van der Waals surface area contributed by atoms with Crippen molar-refractivity contribution in [2.75, 3.05) is 11.1 Å². The molecule has 0 fully saturated rings. The molecular formula is C15H19N5O. The SMILES string of the molecule is CCc1nnc(NC(=O)c2cc(C)cc(N)c2)nc1CC. The van der Waals surface area contributed by atoms with E-state index in [1.807, 2.05) is 20.8 Å². The van der Waals surface area contributed by atoms with E-state index in [4.69, 9.17) is 5.73 Å². The Bertz CT molecular complexity index is 649. The van der Waals surface area contributed by atoms with E-state index < -0.39 is 0 Å². The summed E-state index contributed by atoms with van der Waals surface area (Å²) < 4.78 is 0. The van der Waals surface area contributed by atoms with Crippen LogP contribution in [0.1, 0.15) is 41.2 Å². The Morgan fingerprint density at radius 1 is 1.14 bits per heavy atom. The van der Waals surface area contributed by atoms with Crippen LogP contribution in [0.5, 0.6) is 0 Å². The topological polar surface area (TPSA) is 93.8 Å². The summed E-state index contributed by atoms with van der Waals surface area (Å²) in [6, 6.07) is 5.19. The summed E-state index contributed by atoms with van der Waals surface area (Å²) in [5, 5.41) is 10.7. The first-order valence-corrected chi connectivity index (χ1v) is 6.94. The number of anilines is 2. The quantitative estimate of drug-likeness (QED) is 0.839. The van der Waals surface area contributed by atoms with Crippen LogP contribution < -0.4 is 11.1 Å². The Labute approximate surface area is 123 Å². The third kappa shape index (κ3) is 3.53. The maximum Gasteiger partial charge on any atom is 0.258 e. The standard InChI is InChI=1S/C15H19N5O/c1-4-12-13(5-2)19-20-15(17-12)18-14(21)10-6-9(3)7-11(16)8-10/h6-8H,4-5,16H2,1-3H3,(H,17,18,20,21). The molecule has 2 aromatic rings. The van der Waals surface area contributed by atoms with Crippen LogP contribution in [0.25, 0.3) is 0 Å². The molecule has 0 aliphatic rings. The predicted octanol–water partition coefficient (Wildman–Crippen LogP) is 2.14. The van der Waals surface area contributed by atoms with Gasteiger partial charge >= 0.3 is 0 Å². The Morgan fingerprint density at radius 2 is 1.86 bits per heavy atom. The van der Waals surface area contributed by atoms with Gasteiger partial charge in [-0.05, 0) is 43.5 Å². The number of nitrogens with zero attached hydrogens (tertiary/aromatic N) is 3. The fourth-order valence-electron chi connectivity index (χ4n) is 2.11. The largest absolute Gasteiger partial charge is 0.399 e. The molecule has 6 nitrogen and oxygen atoms in total. The lowest BCUT2D eigenvalue weighted by molar-refractivity contribution is 0.102. The van der Waals surface area contributed by atoms with Gasteiger partial charge in [0.25, 0.3) is 5.91 Å². The minimum absolute atomic E-state index is 0.217. The number of hydrogen-bond acceptors (Lipinski definition) is 5. The zero-order valence-corrected chi connectivity index (χ0v) is 12.5. The van der Waals surface area contributed by atoms with E-state index in [2.05, 4.69) is 20.5 Å². The van der Waals surface area contributed by atoms with Gasteiger partial charge in [-0.15, -0.1) is 10.2 Å². The number of benzene rings is 1. The number of nitrogens with two attached hydrogens (primary N) is 1. The van der Waals surface area contributed by atoms with Crippen molar-refractivity contribution in [2.24, 2.45) is 0 Å². The van der Waals surface area contributed by atoms with Gasteiger partial charge in [0.05, 0.1) is 11.4 Å². The van der Waals surface area contributed by atoms with Crippen LogP contribution in [0.4, 0.5) is 11.6 Å². The molecule has 0 aliphatic carbocycles. The zero-order chi connectivity index (χ0) is 15.4. The van der Waals surface area contributed by atoms with Gasteiger partial charge in [-0.2, -0.15) is 0 Å². The van der Waals surface area contributed by atoms with Gasteiger partial charge in [-0.25, -0.2) is 4.98 Å². The molecule has 6 heteroatoms. The molecule has 0 atom stereocenters. The Kier molecular flexibility index (Phi) is 4.47. The first kappa shape index (κ1) is 14.9. The van der Waals surface area contributed by atoms with Crippen molar-refractivity contribution in [1.82, 2.24) is 15.2 Å². The molecule has 110 valence electrons. The lowest BCUT2D eigenvalue weighted by Crippen LogP contribution is -2.17. The van der Waals surface area contributed by atoms with Gasteiger partial charge < -0.3 is 5.73 Å².